The van der Waals surface area contributed by atoms with Gasteiger partial charge in [0.2, 0.25) is 10.0 Å². The number of carboxylic acid groups (broad SMARTS) is 1. The second kappa shape index (κ2) is 7.74. The number of carbonyl (C=O) groups is 2. The molecule has 21 heavy (non-hydrogen) atoms. The van der Waals surface area contributed by atoms with Crippen LogP contribution >= 0.6 is 0 Å². The first-order valence-electron chi connectivity index (χ1n) is 6.77. The third-order valence-electron chi connectivity index (χ3n) is 2.23. The van der Waals surface area contributed by atoms with Gasteiger partial charge in [-0.2, -0.15) is 0 Å². The number of esters is 1. The van der Waals surface area contributed by atoms with Crippen molar-refractivity contribution in [1.82, 2.24) is 4.72 Å². The summed E-state index contributed by atoms with van der Waals surface area (Å²) < 4.78 is 30.6. The highest BCUT2D eigenvalue weighted by Gasteiger charge is 2.26. The van der Waals surface area contributed by atoms with E-state index in [1.807, 2.05) is 0 Å². The molecule has 0 aromatic rings. The van der Waals surface area contributed by atoms with Gasteiger partial charge >= 0.3 is 11.9 Å². The van der Waals surface area contributed by atoms with E-state index in [1.165, 1.54) is 0 Å². The van der Waals surface area contributed by atoms with Gasteiger partial charge < -0.3 is 9.84 Å². The molecule has 0 amide bonds. The van der Waals surface area contributed by atoms with Crippen LogP contribution in [0.3, 0.4) is 0 Å². The highest BCUT2D eigenvalue weighted by molar-refractivity contribution is 7.89. The van der Waals surface area contributed by atoms with E-state index >= 15 is 0 Å². The van der Waals surface area contributed by atoms with Gasteiger partial charge in [0, 0.05) is 6.42 Å². The normalized spacial score (nSPS) is 14.0. The number of ether oxygens (including phenoxy) is 1. The van der Waals surface area contributed by atoms with Gasteiger partial charge in [-0.25, -0.2) is 13.1 Å². The van der Waals surface area contributed by atoms with Gasteiger partial charge in [0.05, 0.1) is 5.75 Å². The van der Waals surface area contributed by atoms with Crippen LogP contribution in [-0.4, -0.2) is 42.9 Å². The van der Waals surface area contributed by atoms with Crippen LogP contribution in [0.1, 0.15) is 47.5 Å². The third-order valence-corrected chi connectivity index (χ3v) is 3.98. The van der Waals surface area contributed by atoms with E-state index in [0.29, 0.717) is 0 Å². The minimum absolute atomic E-state index is 0.122. The van der Waals surface area contributed by atoms with Crippen molar-refractivity contribution in [1.29, 1.82) is 0 Å². The fourth-order valence-corrected chi connectivity index (χ4v) is 3.22. The number of rotatable bonds is 8. The fraction of sp³-hybridized carbons (Fsp3) is 0.846. The zero-order valence-corrected chi connectivity index (χ0v) is 14.0. The molecule has 0 rings (SSSR count). The number of nitrogens with one attached hydrogen (secondary N) is 1. The summed E-state index contributed by atoms with van der Waals surface area (Å²) in [5, 5.41) is 9.04. The molecule has 1 atom stereocenters. The molecule has 0 aromatic heterocycles. The molecule has 7 nitrogen and oxygen atoms in total. The first-order chi connectivity index (χ1) is 9.32. The average molecular weight is 323 g/mol. The second-order valence-electron chi connectivity index (χ2n) is 6.31. The van der Waals surface area contributed by atoms with Crippen molar-refractivity contribution >= 4 is 22.0 Å². The minimum Gasteiger partial charge on any atom is -0.480 e. The van der Waals surface area contributed by atoms with Crippen LogP contribution in [0.5, 0.6) is 0 Å². The molecular weight excluding hydrogens is 298 g/mol. The van der Waals surface area contributed by atoms with Crippen LogP contribution in [0.25, 0.3) is 0 Å². The van der Waals surface area contributed by atoms with Crippen LogP contribution in [0.2, 0.25) is 0 Å². The molecule has 0 fully saturated rings. The lowest BCUT2D eigenvalue weighted by Gasteiger charge is -2.20. The molecule has 0 heterocycles. The van der Waals surface area contributed by atoms with E-state index in [-0.39, 0.29) is 24.5 Å². The maximum atomic E-state index is 11.7. The standard InChI is InChI=1S/C13H25NO6S/c1-9(2)8-21(18,19)14-10(12(16)17)6-7-11(15)20-13(3,4)5/h9-10,14H,6-8H2,1-5H3,(H,16,17)/t10-/m1/s1. The van der Waals surface area contributed by atoms with Crippen molar-refractivity contribution in [2.75, 3.05) is 5.75 Å². The maximum Gasteiger partial charge on any atom is 0.321 e. The van der Waals surface area contributed by atoms with E-state index in [9.17, 15) is 18.0 Å². The molecule has 0 radical (unpaired) electrons. The Morgan fingerprint density at radius 2 is 1.76 bits per heavy atom. The number of sulfonamides is 1. The van der Waals surface area contributed by atoms with Crippen molar-refractivity contribution < 1.29 is 27.9 Å². The quantitative estimate of drug-likeness (QED) is 0.648. The first-order valence-corrected chi connectivity index (χ1v) is 8.42. The molecule has 8 heteroatoms. The third kappa shape index (κ3) is 10.3. The largest absolute Gasteiger partial charge is 0.480 e. The van der Waals surface area contributed by atoms with Crippen LogP contribution in [-0.2, 0) is 24.3 Å². The SMILES string of the molecule is CC(C)CS(=O)(=O)N[C@H](CCC(=O)OC(C)(C)C)C(=O)O. The Labute approximate surface area is 126 Å². The molecule has 124 valence electrons. The van der Waals surface area contributed by atoms with E-state index in [0.717, 1.165) is 0 Å². The lowest BCUT2D eigenvalue weighted by molar-refractivity contribution is -0.155. The van der Waals surface area contributed by atoms with E-state index in [1.54, 1.807) is 34.6 Å². The van der Waals surface area contributed by atoms with Crippen molar-refractivity contribution in [3.05, 3.63) is 0 Å². The van der Waals surface area contributed by atoms with Crippen LogP contribution in [0.4, 0.5) is 0 Å². The molecule has 0 unspecified atom stereocenters. The first kappa shape index (κ1) is 19.9. The molecule has 0 saturated carbocycles. The summed E-state index contributed by atoms with van der Waals surface area (Å²) in [5.74, 6) is -2.16. The zero-order chi connectivity index (χ0) is 16.8. The number of hydrogen-bond acceptors (Lipinski definition) is 5. The van der Waals surface area contributed by atoms with E-state index in [2.05, 4.69) is 4.72 Å². The predicted octanol–water partition coefficient (Wildman–Crippen LogP) is 1.14. The van der Waals surface area contributed by atoms with Gasteiger partial charge in [-0.1, -0.05) is 13.8 Å². The molecule has 0 aliphatic carbocycles. The smallest absolute Gasteiger partial charge is 0.321 e. The van der Waals surface area contributed by atoms with Gasteiger partial charge in [-0.3, -0.25) is 9.59 Å². The Morgan fingerprint density at radius 3 is 2.14 bits per heavy atom. The number of aliphatic carboxylic acids is 1. The number of hydrogen-bond donors (Lipinski definition) is 2. The highest BCUT2D eigenvalue weighted by atomic mass is 32.2. The Bertz CT molecular complexity index is 464. The van der Waals surface area contributed by atoms with Gasteiger partial charge in [0.1, 0.15) is 11.6 Å². The topological polar surface area (TPSA) is 110 Å². The highest BCUT2D eigenvalue weighted by Crippen LogP contribution is 2.11. The minimum atomic E-state index is -3.69. The van der Waals surface area contributed by atoms with Crippen molar-refractivity contribution in [2.24, 2.45) is 5.92 Å². The summed E-state index contributed by atoms with van der Waals surface area (Å²) in [6.45, 7) is 8.53. The van der Waals surface area contributed by atoms with Crippen LogP contribution < -0.4 is 4.72 Å². The average Bonchev–Trinajstić information content (AvgIpc) is 2.19. The van der Waals surface area contributed by atoms with Gasteiger partial charge in [0.25, 0.3) is 0 Å². The molecule has 2 N–H and O–H groups in total. The molecule has 0 aromatic carbocycles. The van der Waals surface area contributed by atoms with Crippen molar-refractivity contribution in [3.8, 4) is 0 Å². The predicted molar refractivity (Wildman–Crippen MR) is 78.3 cm³/mol. The van der Waals surface area contributed by atoms with E-state index < -0.39 is 33.6 Å². The lowest BCUT2D eigenvalue weighted by atomic mass is 10.1. The Kier molecular flexibility index (Phi) is 7.32. The molecule has 0 aliphatic heterocycles. The van der Waals surface area contributed by atoms with Gasteiger partial charge in [0.15, 0.2) is 0 Å². The lowest BCUT2D eigenvalue weighted by Crippen LogP contribution is -2.43. The Balaban J connectivity index is 4.59. The van der Waals surface area contributed by atoms with Gasteiger partial charge in [-0.05, 0) is 33.1 Å². The molecule has 0 bridgehead atoms. The molecule has 0 saturated heterocycles. The number of carboxylic acids is 1. The fourth-order valence-electron chi connectivity index (χ4n) is 1.59. The van der Waals surface area contributed by atoms with Crippen molar-refractivity contribution in [2.45, 2.75) is 59.1 Å². The Hall–Kier alpha value is -1.15. The maximum absolute atomic E-state index is 11.7. The summed E-state index contributed by atoms with van der Waals surface area (Å²) in [7, 11) is -3.69. The van der Waals surface area contributed by atoms with Crippen LogP contribution in [0, 0.1) is 5.92 Å². The summed E-state index contributed by atoms with van der Waals surface area (Å²) >= 11 is 0. The Morgan fingerprint density at radius 1 is 1.24 bits per heavy atom. The van der Waals surface area contributed by atoms with Crippen LogP contribution in [0.15, 0.2) is 0 Å². The molecule has 0 spiro atoms. The van der Waals surface area contributed by atoms with Gasteiger partial charge in [-0.15, -0.1) is 0 Å². The second-order valence-corrected chi connectivity index (χ2v) is 8.11. The summed E-state index contributed by atoms with van der Waals surface area (Å²) in [5.41, 5.74) is -0.660. The zero-order valence-electron chi connectivity index (χ0n) is 13.2. The van der Waals surface area contributed by atoms with E-state index in [4.69, 9.17) is 9.84 Å². The summed E-state index contributed by atoms with van der Waals surface area (Å²) in [6.07, 6.45) is -0.319. The summed E-state index contributed by atoms with van der Waals surface area (Å²) in [6, 6.07) is -1.33. The summed E-state index contributed by atoms with van der Waals surface area (Å²) in [4.78, 5) is 22.6. The molecular formula is C13H25NO6S. The molecule has 0 aliphatic rings. The van der Waals surface area contributed by atoms with Crippen molar-refractivity contribution in [3.63, 3.8) is 0 Å². The number of carbonyl (C=O) groups excluding carboxylic acids is 1. The monoisotopic (exact) mass is 323 g/mol.